The van der Waals surface area contributed by atoms with E-state index >= 15 is 0 Å². The molecule has 0 N–H and O–H groups in total. The number of aryl methyl sites for hydroxylation is 2. The third kappa shape index (κ3) is 3.86. The van der Waals surface area contributed by atoms with Crippen LogP contribution in [0.15, 0.2) is 72.8 Å². The summed E-state index contributed by atoms with van der Waals surface area (Å²) in [7, 11) is 0.813. The summed E-state index contributed by atoms with van der Waals surface area (Å²) >= 11 is 0. The van der Waals surface area contributed by atoms with Gasteiger partial charge >= 0.3 is 5.97 Å². The van der Waals surface area contributed by atoms with Crippen LogP contribution in [0.3, 0.4) is 0 Å². The van der Waals surface area contributed by atoms with E-state index in [0.717, 1.165) is 11.7 Å². The highest BCUT2D eigenvalue weighted by Gasteiger charge is 2.21. The smallest absolute Gasteiger partial charge is 0.338 e. The van der Waals surface area contributed by atoms with Crippen molar-refractivity contribution < 1.29 is 9.53 Å². The van der Waals surface area contributed by atoms with Crippen LogP contribution in [0.2, 0.25) is 0 Å². The molecule has 0 aliphatic heterocycles. The fraction of sp³-hybridized carbons (Fsp3) is 0.174. The first kappa shape index (κ1) is 18.4. The predicted octanol–water partition coefficient (Wildman–Crippen LogP) is 4.72. The van der Waals surface area contributed by atoms with E-state index in [4.69, 9.17) is 4.74 Å². The summed E-state index contributed by atoms with van der Waals surface area (Å²) in [4.78, 5) is 12.2. The molecule has 3 heteroatoms. The second-order valence-electron chi connectivity index (χ2n) is 6.31. The lowest BCUT2D eigenvalue weighted by atomic mass is 10.1. The number of carbonyl (C=O) groups excluding carboxylic acids is 1. The zero-order valence-corrected chi connectivity index (χ0v) is 16.3. The highest BCUT2D eigenvalue weighted by Crippen LogP contribution is 2.40. The second-order valence-corrected chi connectivity index (χ2v) is 8.44. The molecule has 0 heterocycles. The largest absolute Gasteiger partial charge is 0.465 e. The Labute approximate surface area is 156 Å². The number of esters is 1. The molecule has 0 radical (unpaired) electrons. The molecule has 3 rings (SSSR count). The molecule has 0 fully saturated rings. The number of hydrogen-bond acceptors (Lipinski definition) is 2. The summed E-state index contributed by atoms with van der Waals surface area (Å²) in [6.07, 6.45) is 0.816. The predicted molar refractivity (Wildman–Crippen MR) is 110 cm³/mol. The van der Waals surface area contributed by atoms with Crippen LogP contribution in [-0.4, -0.2) is 13.1 Å². The third-order valence-electron chi connectivity index (χ3n) is 4.56. The quantitative estimate of drug-likeness (QED) is 0.485. The van der Waals surface area contributed by atoms with Gasteiger partial charge in [0.1, 0.15) is 0 Å². The summed E-state index contributed by atoms with van der Waals surface area (Å²) < 4.78 is 4.99. The van der Waals surface area contributed by atoms with Crippen molar-refractivity contribution in [2.75, 3.05) is 7.11 Å². The molecule has 2 nitrogen and oxygen atoms in total. The first-order valence-corrected chi connectivity index (χ1v) is 10.2. The minimum atomic E-state index is -0.623. The lowest BCUT2D eigenvalue weighted by Gasteiger charge is -2.23. The van der Waals surface area contributed by atoms with Crippen LogP contribution in [0.4, 0.5) is 0 Å². The van der Waals surface area contributed by atoms with Gasteiger partial charge in [-0.1, -0.05) is 66.7 Å². The number of methoxy groups -OCH3 is 1. The van der Waals surface area contributed by atoms with E-state index in [1.807, 2.05) is 24.3 Å². The number of hydrogen-bond donors (Lipinski definition) is 0. The molecule has 26 heavy (non-hydrogen) atoms. The SMILES string of the molecule is COC(=O)c1ccccc1CP(c1ccccc1C)c1ccccc1C. The normalized spacial score (nSPS) is 10.8. The van der Waals surface area contributed by atoms with Crippen molar-refractivity contribution in [2.24, 2.45) is 0 Å². The fourth-order valence-corrected chi connectivity index (χ4v) is 5.92. The molecule has 0 unspecified atom stereocenters. The Kier molecular flexibility index (Phi) is 5.85. The van der Waals surface area contributed by atoms with Crippen LogP contribution >= 0.6 is 7.92 Å². The van der Waals surface area contributed by atoms with Gasteiger partial charge in [0, 0.05) is 6.16 Å². The van der Waals surface area contributed by atoms with Crippen LogP contribution in [-0.2, 0) is 10.9 Å². The van der Waals surface area contributed by atoms with E-state index in [9.17, 15) is 4.79 Å². The summed E-state index contributed by atoms with van der Waals surface area (Å²) in [6, 6.07) is 24.9. The number of ether oxygens (including phenoxy) is 1. The van der Waals surface area contributed by atoms with Crippen molar-refractivity contribution in [1.82, 2.24) is 0 Å². The van der Waals surface area contributed by atoms with E-state index in [0.29, 0.717) is 5.56 Å². The molecular weight excluding hydrogens is 339 g/mol. The molecular formula is C23H23O2P. The van der Waals surface area contributed by atoms with E-state index in [1.165, 1.54) is 28.8 Å². The van der Waals surface area contributed by atoms with E-state index < -0.39 is 7.92 Å². The van der Waals surface area contributed by atoms with Gasteiger partial charge < -0.3 is 4.74 Å². The average molecular weight is 362 g/mol. The molecule has 3 aromatic rings. The van der Waals surface area contributed by atoms with Crippen molar-refractivity contribution in [1.29, 1.82) is 0 Å². The van der Waals surface area contributed by atoms with Crippen LogP contribution in [0.5, 0.6) is 0 Å². The van der Waals surface area contributed by atoms with Gasteiger partial charge in [0.25, 0.3) is 0 Å². The second kappa shape index (κ2) is 8.29. The van der Waals surface area contributed by atoms with Crippen molar-refractivity contribution in [3.8, 4) is 0 Å². The lowest BCUT2D eigenvalue weighted by molar-refractivity contribution is 0.0600. The Hall–Kier alpha value is -2.44. The molecule has 3 aromatic carbocycles. The average Bonchev–Trinajstić information content (AvgIpc) is 2.67. The van der Waals surface area contributed by atoms with Gasteiger partial charge in [-0.2, -0.15) is 0 Å². The van der Waals surface area contributed by atoms with Crippen LogP contribution < -0.4 is 10.6 Å². The highest BCUT2D eigenvalue weighted by atomic mass is 31.1. The van der Waals surface area contributed by atoms with E-state index in [2.05, 4.69) is 62.4 Å². The third-order valence-corrected chi connectivity index (χ3v) is 7.39. The number of benzene rings is 3. The Bertz CT molecular complexity index is 872. The number of rotatable bonds is 5. The molecule has 0 aliphatic carbocycles. The summed E-state index contributed by atoms with van der Waals surface area (Å²) in [6.45, 7) is 4.32. The van der Waals surface area contributed by atoms with Gasteiger partial charge in [-0.3, -0.25) is 0 Å². The molecule has 132 valence electrons. The minimum absolute atomic E-state index is 0.273. The molecule has 0 aromatic heterocycles. The fourth-order valence-electron chi connectivity index (χ4n) is 3.17. The number of carbonyl (C=O) groups is 1. The van der Waals surface area contributed by atoms with Gasteiger partial charge in [-0.05, 0) is 55.1 Å². The maximum absolute atomic E-state index is 12.2. The zero-order valence-electron chi connectivity index (χ0n) is 15.4. The standard InChI is InChI=1S/C23H23O2P/c1-17-10-4-8-14-21(17)26(22-15-9-5-11-18(22)2)16-19-12-6-7-13-20(19)23(24)25-3/h4-15H,16H2,1-3H3. The molecule has 0 saturated heterocycles. The van der Waals surface area contributed by atoms with Crippen molar-refractivity contribution >= 4 is 24.5 Å². The van der Waals surface area contributed by atoms with Crippen LogP contribution in [0.1, 0.15) is 27.0 Å². The van der Waals surface area contributed by atoms with Crippen molar-refractivity contribution in [3.05, 3.63) is 95.1 Å². The maximum Gasteiger partial charge on any atom is 0.338 e. The summed E-state index contributed by atoms with van der Waals surface area (Å²) in [5.74, 6) is -0.273. The van der Waals surface area contributed by atoms with Crippen LogP contribution in [0, 0.1) is 13.8 Å². The zero-order chi connectivity index (χ0) is 18.5. The molecule has 0 atom stereocenters. The monoisotopic (exact) mass is 362 g/mol. The van der Waals surface area contributed by atoms with Gasteiger partial charge in [0.05, 0.1) is 12.7 Å². The Balaban J connectivity index is 2.11. The van der Waals surface area contributed by atoms with E-state index in [-0.39, 0.29) is 5.97 Å². The first-order chi connectivity index (χ1) is 12.6. The Morgan fingerprint density at radius 1 is 0.808 bits per heavy atom. The van der Waals surface area contributed by atoms with Gasteiger partial charge in [0.2, 0.25) is 0 Å². The van der Waals surface area contributed by atoms with Gasteiger partial charge in [-0.25, -0.2) is 4.79 Å². The molecule has 0 amide bonds. The van der Waals surface area contributed by atoms with Crippen molar-refractivity contribution in [2.45, 2.75) is 20.0 Å². The summed E-state index contributed by atoms with van der Waals surface area (Å²) in [5, 5.41) is 2.72. The van der Waals surface area contributed by atoms with E-state index in [1.54, 1.807) is 0 Å². The molecule has 0 aliphatic rings. The lowest BCUT2D eigenvalue weighted by Crippen LogP contribution is -2.18. The molecule has 0 bridgehead atoms. The first-order valence-electron chi connectivity index (χ1n) is 8.67. The highest BCUT2D eigenvalue weighted by molar-refractivity contribution is 7.72. The molecule has 0 spiro atoms. The van der Waals surface area contributed by atoms with Crippen LogP contribution in [0.25, 0.3) is 0 Å². The Morgan fingerprint density at radius 3 is 1.85 bits per heavy atom. The Morgan fingerprint density at radius 2 is 1.31 bits per heavy atom. The van der Waals surface area contributed by atoms with Gasteiger partial charge in [0.15, 0.2) is 0 Å². The van der Waals surface area contributed by atoms with Gasteiger partial charge in [-0.15, -0.1) is 0 Å². The van der Waals surface area contributed by atoms with Crippen molar-refractivity contribution in [3.63, 3.8) is 0 Å². The minimum Gasteiger partial charge on any atom is -0.465 e. The summed E-state index contributed by atoms with van der Waals surface area (Å²) in [5.41, 5.74) is 4.27. The molecule has 0 saturated carbocycles. The topological polar surface area (TPSA) is 26.3 Å². The maximum atomic E-state index is 12.2.